The Morgan fingerprint density at radius 3 is 2.83 bits per heavy atom. The zero-order valence-electron chi connectivity index (χ0n) is 12.7. The molecule has 24 heavy (non-hydrogen) atoms. The molecule has 0 radical (unpaired) electrons. The highest BCUT2D eigenvalue weighted by molar-refractivity contribution is 5.81. The maximum absolute atomic E-state index is 6.02. The summed E-state index contributed by atoms with van der Waals surface area (Å²) >= 11 is 0. The summed E-state index contributed by atoms with van der Waals surface area (Å²) in [7, 11) is 0. The zero-order chi connectivity index (χ0) is 15.9. The maximum atomic E-state index is 6.02. The van der Waals surface area contributed by atoms with Gasteiger partial charge in [0.2, 0.25) is 0 Å². The van der Waals surface area contributed by atoms with Gasteiger partial charge in [-0.05, 0) is 29.8 Å². The van der Waals surface area contributed by atoms with Crippen molar-refractivity contribution in [1.29, 1.82) is 0 Å². The van der Waals surface area contributed by atoms with E-state index in [0.29, 0.717) is 6.61 Å². The van der Waals surface area contributed by atoms with Gasteiger partial charge in [0, 0.05) is 11.8 Å². The Hall–Kier alpha value is -3.28. The minimum Gasteiger partial charge on any atom is -0.485 e. The van der Waals surface area contributed by atoms with E-state index in [2.05, 4.69) is 26.2 Å². The van der Waals surface area contributed by atoms with Crippen LogP contribution in [0.15, 0.2) is 54.9 Å². The number of para-hydroxylation sites is 2. The number of H-pyrrole nitrogens is 2. The lowest BCUT2D eigenvalue weighted by Gasteiger charge is -2.24. The molecular weight excluding hydrogens is 304 g/mol. The lowest BCUT2D eigenvalue weighted by Crippen LogP contribution is -2.22. The summed E-state index contributed by atoms with van der Waals surface area (Å²) in [5.41, 5.74) is 3.99. The van der Waals surface area contributed by atoms with E-state index in [1.165, 1.54) is 0 Å². The van der Waals surface area contributed by atoms with Crippen LogP contribution >= 0.6 is 0 Å². The predicted molar refractivity (Wildman–Crippen MR) is 89.0 cm³/mol. The fourth-order valence-corrected chi connectivity index (χ4v) is 2.92. The summed E-state index contributed by atoms with van der Waals surface area (Å²) in [4.78, 5) is 8.00. The van der Waals surface area contributed by atoms with Crippen molar-refractivity contribution in [1.82, 2.24) is 20.2 Å². The topological polar surface area (TPSA) is 75.8 Å². The van der Waals surface area contributed by atoms with Gasteiger partial charge in [0.15, 0.2) is 23.4 Å². The quantitative estimate of drug-likeness (QED) is 0.593. The zero-order valence-corrected chi connectivity index (χ0v) is 12.7. The third-order valence-corrected chi connectivity index (χ3v) is 4.15. The number of hydrogen-bond donors (Lipinski definition) is 2. The molecule has 4 aromatic rings. The second kappa shape index (κ2) is 5.13. The minimum absolute atomic E-state index is 0.246. The molecule has 0 saturated heterocycles. The first-order valence-electron chi connectivity index (χ1n) is 7.74. The number of benzene rings is 2. The van der Waals surface area contributed by atoms with Gasteiger partial charge in [-0.1, -0.05) is 18.2 Å². The van der Waals surface area contributed by atoms with Crippen LogP contribution in [0.2, 0.25) is 0 Å². The fraction of sp³-hybridized carbons (Fsp3) is 0.111. The summed E-state index contributed by atoms with van der Waals surface area (Å²) in [6.07, 6.45) is 3.42. The van der Waals surface area contributed by atoms with Crippen molar-refractivity contribution < 1.29 is 9.47 Å². The number of nitrogens with one attached hydrogen (secondary N) is 2. The van der Waals surface area contributed by atoms with Gasteiger partial charge in [0.1, 0.15) is 6.61 Å². The van der Waals surface area contributed by atoms with Gasteiger partial charge in [0.05, 0.1) is 17.2 Å². The molecule has 1 aliphatic rings. The van der Waals surface area contributed by atoms with Gasteiger partial charge in [-0.2, -0.15) is 5.10 Å². The van der Waals surface area contributed by atoms with E-state index in [1.807, 2.05) is 42.6 Å². The molecule has 0 spiro atoms. The molecule has 3 heterocycles. The normalized spacial score (nSPS) is 16.4. The van der Waals surface area contributed by atoms with Crippen LogP contribution in [0.1, 0.15) is 11.9 Å². The molecule has 118 valence electrons. The molecule has 5 rings (SSSR count). The van der Waals surface area contributed by atoms with Crippen molar-refractivity contribution in [2.24, 2.45) is 0 Å². The standard InChI is InChI=1S/C18H14N4O2/c1-2-4-16-15(3-1)23-10-17(24-16)18-21-13-6-5-11(7-14(13)22-18)12-8-19-20-9-12/h1-9,17H,10H2,(H,19,20)(H,21,22)/t17-/m0/s1. The first-order valence-corrected chi connectivity index (χ1v) is 7.74. The summed E-state index contributed by atoms with van der Waals surface area (Å²) in [5, 5.41) is 6.82. The summed E-state index contributed by atoms with van der Waals surface area (Å²) in [6, 6.07) is 13.8. The number of aromatic amines is 2. The van der Waals surface area contributed by atoms with Crippen LogP contribution in [-0.2, 0) is 0 Å². The molecule has 1 atom stereocenters. The first kappa shape index (κ1) is 13.2. The van der Waals surface area contributed by atoms with E-state index in [9.17, 15) is 0 Å². The van der Waals surface area contributed by atoms with Crippen LogP contribution < -0.4 is 9.47 Å². The number of ether oxygens (including phenoxy) is 2. The molecule has 0 bridgehead atoms. The van der Waals surface area contributed by atoms with Gasteiger partial charge < -0.3 is 14.5 Å². The van der Waals surface area contributed by atoms with Crippen LogP contribution in [-0.4, -0.2) is 26.8 Å². The number of hydrogen-bond acceptors (Lipinski definition) is 4. The fourth-order valence-electron chi connectivity index (χ4n) is 2.92. The van der Waals surface area contributed by atoms with E-state index < -0.39 is 0 Å². The molecule has 1 aliphatic heterocycles. The molecule has 6 nitrogen and oxygen atoms in total. The maximum Gasteiger partial charge on any atom is 0.190 e. The largest absolute Gasteiger partial charge is 0.485 e. The molecule has 2 aromatic heterocycles. The van der Waals surface area contributed by atoms with Crippen LogP contribution in [0.3, 0.4) is 0 Å². The molecule has 0 fully saturated rings. The Bertz CT molecular complexity index is 1010. The van der Waals surface area contributed by atoms with Crippen molar-refractivity contribution >= 4 is 11.0 Å². The lowest BCUT2D eigenvalue weighted by atomic mass is 10.1. The van der Waals surface area contributed by atoms with Crippen molar-refractivity contribution in [2.45, 2.75) is 6.10 Å². The molecule has 2 N–H and O–H groups in total. The number of fused-ring (bicyclic) bond motifs is 2. The van der Waals surface area contributed by atoms with Gasteiger partial charge in [-0.15, -0.1) is 0 Å². The Morgan fingerprint density at radius 1 is 1.04 bits per heavy atom. The summed E-state index contributed by atoms with van der Waals surface area (Å²) in [5.74, 6) is 2.28. The molecular formula is C18H14N4O2. The first-order chi connectivity index (χ1) is 11.9. The molecule has 0 saturated carbocycles. The number of rotatable bonds is 2. The molecule has 2 aromatic carbocycles. The lowest BCUT2D eigenvalue weighted by molar-refractivity contribution is 0.0859. The second-order valence-corrected chi connectivity index (χ2v) is 5.71. The Balaban J connectivity index is 1.50. The monoisotopic (exact) mass is 318 g/mol. The Morgan fingerprint density at radius 2 is 1.96 bits per heavy atom. The highest BCUT2D eigenvalue weighted by Gasteiger charge is 2.25. The minimum atomic E-state index is -0.246. The Kier molecular flexibility index (Phi) is 2.82. The van der Waals surface area contributed by atoms with E-state index in [1.54, 1.807) is 6.20 Å². The molecule has 0 amide bonds. The Labute approximate surface area is 137 Å². The van der Waals surface area contributed by atoms with E-state index in [0.717, 1.165) is 39.5 Å². The van der Waals surface area contributed by atoms with Crippen LogP contribution in [0.5, 0.6) is 11.5 Å². The SMILES string of the molecule is c1ccc2c(c1)OC[C@@H](c1nc3ccc(-c4cn[nH]c4)cc3[nH]1)O2. The smallest absolute Gasteiger partial charge is 0.190 e. The van der Waals surface area contributed by atoms with E-state index in [-0.39, 0.29) is 6.10 Å². The highest BCUT2D eigenvalue weighted by atomic mass is 16.6. The van der Waals surface area contributed by atoms with Crippen molar-refractivity contribution in [3.63, 3.8) is 0 Å². The van der Waals surface area contributed by atoms with Crippen molar-refractivity contribution in [2.75, 3.05) is 6.61 Å². The van der Waals surface area contributed by atoms with E-state index >= 15 is 0 Å². The third-order valence-electron chi connectivity index (χ3n) is 4.15. The molecule has 0 aliphatic carbocycles. The second-order valence-electron chi connectivity index (χ2n) is 5.71. The predicted octanol–water partition coefficient (Wildman–Crippen LogP) is 3.47. The van der Waals surface area contributed by atoms with Crippen LogP contribution in [0, 0.1) is 0 Å². The average molecular weight is 318 g/mol. The van der Waals surface area contributed by atoms with Crippen LogP contribution in [0.4, 0.5) is 0 Å². The van der Waals surface area contributed by atoms with Crippen molar-refractivity contribution in [3.05, 3.63) is 60.7 Å². The van der Waals surface area contributed by atoms with Crippen LogP contribution in [0.25, 0.3) is 22.2 Å². The summed E-state index contributed by atoms with van der Waals surface area (Å²) in [6.45, 7) is 0.436. The van der Waals surface area contributed by atoms with E-state index in [4.69, 9.17) is 9.47 Å². The molecule has 6 heteroatoms. The van der Waals surface area contributed by atoms with Gasteiger partial charge in [0.25, 0.3) is 0 Å². The number of nitrogens with zero attached hydrogens (tertiary/aromatic N) is 2. The van der Waals surface area contributed by atoms with Gasteiger partial charge in [-0.25, -0.2) is 4.98 Å². The summed E-state index contributed by atoms with van der Waals surface area (Å²) < 4.78 is 11.8. The number of aromatic nitrogens is 4. The highest BCUT2D eigenvalue weighted by Crippen LogP contribution is 2.35. The van der Waals surface area contributed by atoms with Crippen molar-refractivity contribution in [3.8, 4) is 22.6 Å². The molecule has 0 unspecified atom stereocenters. The van der Waals surface area contributed by atoms with Gasteiger partial charge >= 0.3 is 0 Å². The third kappa shape index (κ3) is 2.11. The average Bonchev–Trinajstić information content (AvgIpc) is 3.30. The number of imidazole rings is 1. The van der Waals surface area contributed by atoms with Gasteiger partial charge in [-0.3, -0.25) is 5.10 Å².